The normalized spacial score (nSPS) is 14.7. The minimum absolute atomic E-state index is 0.00574. The first-order valence-electron chi connectivity index (χ1n) is 9.78. The number of methoxy groups -OCH3 is 1. The molecular formula is C22H24N4O3. The van der Waals surface area contributed by atoms with Crippen LogP contribution in [0.3, 0.4) is 0 Å². The summed E-state index contributed by atoms with van der Waals surface area (Å²) >= 11 is 0. The number of fused-ring (bicyclic) bond motifs is 1. The third-order valence-corrected chi connectivity index (χ3v) is 5.41. The molecule has 0 bridgehead atoms. The Balaban J connectivity index is 1.35. The Kier molecular flexibility index (Phi) is 5.46. The van der Waals surface area contributed by atoms with Gasteiger partial charge in [-0.1, -0.05) is 18.2 Å². The number of aromatic nitrogens is 2. The van der Waals surface area contributed by atoms with Crippen molar-refractivity contribution in [3.63, 3.8) is 0 Å². The maximum atomic E-state index is 12.7. The first kappa shape index (κ1) is 19.0. The SMILES string of the molecule is COc1cccc(NC(=O)N2CCC(Cn3cnc4ccccc4c3=O)CC2)c1. The second-order valence-corrected chi connectivity index (χ2v) is 7.31. The molecule has 0 radical (unpaired) electrons. The maximum Gasteiger partial charge on any atom is 0.321 e. The van der Waals surface area contributed by atoms with Crippen LogP contribution in [0.25, 0.3) is 10.9 Å². The predicted molar refractivity (Wildman–Crippen MR) is 112 cm³/mol. The Morgan fingerprint density at radius 2 is 1.97 bits per heavy atom. The number of urea groups is 1. The third-order valence-electron chi connectivity index (χ3n) is 5.41. The average Bonchev–Trinajstić information content (AvgIpc) is 2.76. The highest BCUT2D eigenvalue weighted by atomic mass is 16.5. The van der Waals surface area contributed by atoms with Crippen LogP contribution < -0.4 is 15.6 Å². The van der Waals surface area contributed by atoms with E-state index in [2.05, 4.69) is 10.3 Å². The molecule has 0 saturated carbocycles. The van der Waals surface area contributed by atoms with Gasteiger partial charge in [-0.15, -0.1) is 0 Å². The van der Waals surface area contributed by atoms with Crippen LogP contribution in [0.4, 0.5) is 10.5 Å². The van der Waals surface area contributed by atoms with E-state index in [4.69, 9.17) is 4.74 Å². The van der Waals surface area contributed by atoms with Gasteiger partial charge in [0, 0.05) is 31.4 Å². The largest absolute Gasteiger partial charge is 0.497 e. The molecule has 2 heterocycles. The number of nitrogens with one attached hydrogen (secondary N) is 1. The number of benzene rings is 2. The van der Waals surface area contributed by atoms with E-state index in [1.54, 1.807) is 24.1 Å². The lowest BCUT2D eigenvalue weighted by Crippen LogP contribution is -2.42. The lowest BCUT2D eigenvalue weighted by Gasteiger charge is -2.32. The minimum Gasteiger partial charge on any atom is -0.497 e. The van der Waals surface area contributed by atoms with Gasteiger partial charge in [-0.05, 0) is 43.0 Å². The summed E-state index contributed by atoms with van der Waals surface area (Å²) in [5, 5.41) is 3.57. The van der Waals surface area contributed by atoms with E-state index in [0.29, 0.717) is 42.4 Å². The molecule has 7 heteroatoms. The molecule has 0 spiro atoms. The third kappa shape index (κ3) is 4.23. The van der Waals surface area contributed by atoms with Crippen molar-refractivity contribution in [2.75, 3.05) is 25.5 Å². The zero-order chi connectivity index (χ0) is 20.2. The number of piperidine rings is 1. The maximum absolute atomic E-state index is 12.7. The first-order chi connectivity index (χ1) is 14.1. The molecule has 1 fully saturated rings. The molecule has 1 aliphatic rings. The van der Waals surface area contributed by atoms with E-state index in [-0.39, 0.29) is 11.6 Å². The van der Waals surface area contributed by atoms with Crippen molar-refractivity contribution in [3.05, 3.63) is 65.2 Å². The van der Waals surface area contributed by atoms with Gasteiger partial charge in [0.05, 0.1) is 24.3 Å². The Hall–Kier alpha value is -3.35. The van der Waals surface area contributed by atoms with Gasteiger partial charge in [0.2, 0.25) is 0 Å². The van der Waals surface area contributed by atoms with Gasteiger partial charge in [-0.3, -0.25) is 9.36 Å². The highest BCUT2D eigenvalue weighted by Crippen LogP contribution is 2.21. The average molecular weight is 392 g/mol. The van der Waals surface area contributed by atoms with Crippen molar-refractivity contribution in [2.45, 2.75) is 19.4 Å². The molecule has 1 N–H and O–H groups in total. The minimum atomic E-state index is -0.110. The van der Waals surface area contributed by atoms with E-state index in [1.807, 2.05) is 47.4 Å². The summed E-state index contributed by atoms with van der Waals surface area (Å²) in [6.07, 6.45) is 3.34. The predicted octanol–water partition coefficient (Wildman–Crippen LogP) is 3.35. The van der Waals surface area contributed by atoms with Crippen LogP contribution in [0.2, 0.25) is 0 Å². The number of carbonyl (C=O) groups excluding carboxylic acids is 1. The number of hydrogen-bond acceptors (Lipinski definition) is 4. The Bertz CT molecular complexity index is 1070. The second kappa shape index (κ2) is 8.34. The van der Waals surface area contributed by atoms with Crippen LogP contribution >= 0.6 is 0 Å². The van der Waals surface area contributed by atoms with Crippen molar-refractivity contribution < 1.29 is 9.53 Å². The van der Waals surface area contributed by atoms with Crippen LogP contribution in [-0.4, -0.2) is 40.7 Å². The molecule has 0 atom stereocenters. The smallest absolute Gasteiger partial charge is 0.321 e. The van der Waals surface area contributed by atoms with E-state index in [9.17, 15) is 9.59 Å². The van der Waals surface area contributed by atoms with Crippen molar-refractivity contribution in [1.29, 1.82) is 0 Å². The lowest BCUT2D eigenvalue weighted by molar-refractivity contribution is 0.176. The zero-order valence-electron chi connectivity index (χ0n) is 16.4. The number of amides is 2. The molecule has 0 aliphatic carbocycles. The van der Waals surface area contributed by atoms with Gasteiger partial charge in [0.25, 0.3) is 5.56 Å². The molecule has 4 rings (SSSR count). The van der Waals surface area contributed by atoms with Crippen molar-refractivity contribution in [1.82, 2.24) is 14.5 Å². The number of carbonyl (C=O) groups is 1. The number of ether oxygens (including phenoxy) is 1. The second-order valence-electron chi connectivity index (χ2n) is 7.31. The van der Waals surface area contributed by atoms with Gasteiger partial charge >= 0.3 is 6.03 Å². The number of hydrogen-bond donors (Lipinski definition) is 1. The molecule has 1 saturated heterocycles. The lowest BCUT2D eigenvalue weighted by atomic mass is 9.97. The van der Waals surface area contributed by atoms with Crippen LogP contribution in [0, 0.1) is 5.92 Å². The summed E-state index contributed by atoms with van der Waals surface area (Å²) < 4.78 is 6.88. The van der Waals surface area contributed by atoms with Crippen molar-refractivity contribution in [3.8, 4) is 5.75 Å². The Morgan fingerprint density at radius 1 is 1.17 bits per heavy atom. The Labute approximate surface area is 168 Å². The van der Waals surface area contributed by atoms with Crippen LogP contribution in [-0.2, 0) is 6.54 Å². The molecule has 0 unspecified atom stereocenters. The molecule has 3 aromatic rings. The zero-order valence-corrected chi connectivity index (χ0v) is 16.4. The van der Waals surface area contributed by atoms with Gasteiger partial charge in [0.15, 0.2) is 0 Å². The molecular weight excluding hydrogens is 368 g/mol. The Morgan fingerprint density at radius 3 is 2.76 bits per heavy atom. The summed E-state index contributed by atoms with van der Waals surface area (Å²) in [5.74, 6) is 1.05. The molecule has 7 nitrogen and oxygen atoms in total. The number of likely N-dealkylation sites (tertiary alicyclic amines) is 1. The summed E-state index contributed by atoms with van der Waals surface area (Å²) in [6.45, 7) is 1.95. The first-order valence-corrected chi connectivity index (χ1v) is 9.78. The molecule has 1 aromatic heterocycles. The van der Waals surface area contributed by atoms with Gasteiger partial charge < -0.3 is 15.0 Å². The van der Waals surface area contributed by atoms with Crippen molar-refractivity contribution >= 4 is 22.6 Å². The van der Waals surface area contributed by atoms with Crippen molar-refractivity contribution in [2.24, 2.45) is 5.92 Å². The molecule has 1 aliphatic heterocycles. The molecule has 2 amide bonds. The van der Waals surface area contributed by atoms with E-state index in [1.165, 1.54) is 0 Å². The summed E-state index contributed by atoms with van der Waals surface area (Å²) in [5.41, 5.74) is 1.43. The summed E-state index contributed by atoms with van der Waals surface area (Å²) in [4.78, 5) is 31.4. The monoisotopic (exact) mass is 392 g/mol. The number of rotatable bonds is 4. The summed E-state index contributed by atoms with van der Waals surface area (Å²) in [6, 6.07) is 14.6. The fraction of sp³-hybridized carbons (Fsp3) is 0.318. The molecule has 29 heavy (non-hydrogen) atoms. The fourth-order valence-corrected chi connectivity index (χ4v) is 3.74. The van der Waals surface area contributed by atoms with E-state index < -0.39 is 0 Å². The van der Waals surface area contributed by atoms with Gasteiger partial charge in [-0.25, -0.2) is 9.78 Å². The standard InChI is InChI=1S/C22H24N4O3/c1-29-18-6-4-5-17(13-18)24-22(28)25-11-9-16(10-12-25)14-26-15-23-20-8-3-2-7-19(20)21(26)27/h2-8,13,15-16H,9-12,14H2,1H3,(H,24,28). The van der Waals surface area contributed by atoms with Gasteiger partial charge in [-0.2, -0.15) is 0 Å². The van der Waals surface area contributed by atoms with Crippen LogP contribution in [0.5, 0.6) is 5.75 Å². The molecule has 2 aromatic carbocycles. The fourth-order valence-electron chi connectivity index (χ4n) is 3.74. The van der Waals surface area contributed by atoms with Crippen LogP contribution in [0.15, 0.2) is 59.7 Å². The topological polar surface area (TPSA) is 76.5 Å². The highest BCUT2D eigenvalue weighted by molar-refractivity contribution is 5.89. The number of anilines is 1. The van der Waals surface area contributed by atoms with E-state index >= 15 is 0 Å². The van der Waals surface area contributed by atoms with E-state index in [0.717, 1.165) is 18.4 Å². The summed E-state index contributed by atoms with van der Waals surface area (Å²) in [7, 11) is 1.60. The highest BCUT2D eigenvalue weighted by Gasteiger charge is 2.23. The van der Waals surface area contributed by atoms with Crippen LogP contribution in [0.1, 0.15) is 12.8 Å². The van der Waals surface area contributed by atoms with Gasteiger partial charge in [0.1, 0.15) is 5.75 Å². The number of para-hydroxylation sites is 1. The quantitative estimate of drug-likeness (QED) is 0.739. The molecule has 150 valence electrons. The number of nitrogens with zero attached hydrogens (tertiary/aromatic N) is 3.